The van der Waals surface area contributed by atoms with Crippen LogP contribution in [0.4, 0.5) is 0 Å². The molecular weight excluding hydrogens is 290 g/mol. The van der Waals surface area contributed by atoms with Crippen LogP contribution in [0.2, 0.25) is 0 Å². The van der Waals surface area contributed by atoms with Crippen molar-refractivity contribution in [3.8, 4) is 0 Å². The molecule has 1 amide bonds. The van der Waals surface area contributed by atoms with Crippen LogP contribution in [0.5, 0.6) is 0 Å². The molecule has 0 radical (unpaired) electrons. The van der Waals surface area contributed by atoms with Crippen molar-refractivity contribution >= 4 is 35.0 Å². The van der Waals surface area contributed by atoms with Crippen LogP contribution in [-0.4, -0.2) is 23.3 Å². The highest BCUT2D eigenvalue weighted by atomic mass is 32.2. The maximum absolute atomic E-state index is 11.6. The molecule has 0 atom stereocenters. The number of amides is 1. The first-order chi connectivity index (χ1) is 9.72. The highest BCUT2D eigenvalue weighted by molar-refractivity contribution is 8.00. The number of thioether (sulfide) groups is 1. The van der Waals surface area contributed by atoms with E-state index in [1.165, 1.54) is 24.6 Å². The minimum Gasteiger partial charge on any atom is -0.361 e. The average Bonchev–Trinajstić information content (AvgIpc) is 2.48. The molecule has 0 aliphatic heterocycles. The molecule has 0 saturated heterocycles. The predicted octanol–water partition coefficient (Wildman–Crippen LogP) is 2.46. The quantitative estimate of drug-likeness (QED) is 0.313. The van der Waals surface area contributed by atoms with Crippen LogP contribution in [0.25, 0.3) is 0 Å². The van der Waals surface area contributed by atoms with Crippen LogP contribution in [-0.2, 0) is 4.79 Å². The summed E-state index contributed by atoms with van der Waals surface area (Å²) in [5, 5.41) is 3.50. The molecule has 0 saturated carbocycles. The lowest BCUT2D eigenvalue weighted by Gasteiger charge is -2.11. The summed E-state index contributed by atoms with van der Waals surface area (Å²) in [5.74, 6) is 0.256. The van der Waals surface area contributed by atoms with Gasteiger partial charge in [0.2, 0.25) is 5.91 Å². The van der Waals surface area contributed by atoms with Gasteiger partial charge in [0.25, 0.3) is 0 Å². The SMILES string of the molecule is CCCCCNC(=S)NNC(=O)CSc1ccccc1. The van der Waals surface area contributed by atoms with Crippen LogP contribution in [0.15, 0.2) is 35.2 Å². The highest BCUT2D eigenvalue weighted by Crippen LogP contribution is 2.15. The minimum absolute atomic E-state index is 0.100. The predicted molar refractivity (Wildman–Crippen MR) is 88.6 cm³/mol. The fourth-order valence-electron chi connectivity index (χ4n) is 1.45. The smallest absolute Gasteiger partial charge is 0.248 e. The van der Waals surface area contributed by atoms with Crippen molar-refractivity contribution in [3.63, 3.8) is 0 Å². The molecule has 0 heterocycles. The van der Waals surface area contributed by atoms with Gasteiger partial charge in [-0.15, -0.1) is 11.8 Å². The summed E-state index contributed by atoms with van der Waals surface area (Å²) < 4.78 is 0. The zero-order chi connectivity index (χ0) is 14.6. The highest BCUT2D eigenvalue weighted by Gasteiger charge is 2.02. The standard InChI is InChI=1S/C14H21N3OS2/c1-2-3-7-10-15-14(19)17-16-13(18)11-20-12-8-5-4-6-9-12/h4-6,8-9H,2-3,7,10-11H2,1H3,(H,16,18)(H2,15,17,19). The van der Waals surface area contributed by atoms with Gasteiger partial charge < -0.3 is 5.32 Å². The van der Waals surface area contributed by atoms with E-state index in [1.807, 2.05) is 30.3 Å². The molecule has 110 valence electrons. The lowest BCUT2D eigenvalue weighted by atomic mass is 10.2. The van der Waals surface area contributed by atoms with Gasteiger partial charge in [-0.1, -0.05) is 38.0 Å². The first-order valence-corrected chi connectivity index (χ1v) is 8.12. The van der Waals surface area contributed by atoms with E-state index in [0.717, 1.165) is 17.9 Å². The number of hydrazine groups is 1. The molecule has 1 aromatic carbocycles. The second-order valence-electron chi connectivity index (χ2n) is 4.24. The Hall–Kier alpha value is -1.27. The fraction of sp³-hybridized carbons (Fsp3) is 0.429. The molecule has 1 rings (SSSR count). The van der Waals surface area contributed by atoms with E-state index in [0.29, 0.717) is 10.9 Å². The van der Waals surface area contributed by atoms with E-state index in [1.54, 1.807) is 0 Å². The maximum Gasteiger partial charge on any atom is 0.248 e. The topological polar surface area (TPSA) is 53.2 Å². The number of hydrogen-bond donors (Lipinski definition) is 3. The summed E-state index contributed by atoms with van der Waals surface area (Å²) in [6.07, 6.45) is 3.43. The van der Waals surface area contributed by atoms with Gasteiger partial charge in [0, 0.05) is 11.4 Å². The Kier molecular flexibility index (Phi) is 8.82. The number of hydrogen-bond acceptors (Lipinski definition) is 3. The van der Waals surface area contributed by atoms with E-state index in [9.17, 15) is 4.79 Å². The van der Waals surface area contributed by atoms with Crippen molar-refractivity contribution in [3.05, 3.63) is 30.3 Å². The zero-order valence-electron chi connectivity index (χ0n) is 11.6. The normalized spacial score (nSPS) is 9.85. The molecule has 6 heteroatoms. The Balaban J connectivity index is 2.09. The molecule has 0 spiro atoms. The molecule has 1 aromatic rings. The lowest BCUT2D eigenvalue weighted by molar-refractivity contribution is -0.119. The van der Waals surface area contributed by atoms with Gasteiger partial charge in [-0.2, -0.15) is 0 Å². The summed E-state index contributed by atoms with van der Waals surface area (Å²) in [4.78, 5) is 12.7. The van der Waals surface area contributed by atoms with Gasteiger partial charge >= 0.3 is 0 Å². The molecule has 0 bridgehead atoms. The second-order valence-corrected chi connectivity index (χ2v) is 5.69. The van der Waals surface area contributed by atoms with E-state index in [4.69, 9.17) is 12.2 Å². The molecular formula is C14H21N3OS2. The Morgan fingerprint density at radius 2 is 1.95 bits per heavy atom. The summed E-state index contributed by atoms with van der Waals surface area (Å²) >= 11 is 6.54. The van der Waals surface area contributed by atoms with Gasteiger partial charge in [-0.25, -0.2) is 0 Å². The number of carbonyl (C=O) groups is 1. The van der Waals surface area contributed by atoms with Gasteiger partial charge in [0.05, 0.1) is 5.75 Å². The van der Waals surface area contributed by atoms with Crippen molar-refractivity contribution in [2.75, 3.05) is 12.3 Å². The van der Waals surface area contributed by atoms with Gasteiger partial charge in [-0.3, -0.25) is 15.6 Å². The van der Waals surface area contributed by atoms with Crippen molar-refractivity contribution in [2.24, 2.45) is 0 Å². The van der Waals surface area contributed by atoms with Crippen molar-refractivity contribution < 1.29 is 4.79 Å². The number of thiocarbonyl (C=S) groups is 1. The van der Waals surface area contributed by atoms with Crippen LogP contribution in [0, 0.1) is 0 Å². The first-order valence-electron chi connectivity index (χ1n) is 6.73. The molecule has 4 nitrogen and oxygen atoms in total. The first kappa shape index (κ1) is 16.8. The molecule has 0 fully saturated rings. The summed E-state index contributed by atoms with van der Waals surface area (Å²) in [6.45, 7) is 2.98. The monoisotopic (exact) mass is 311 g/mol. The van der Waals surface area contributed by atoms with Gasteiger partial charge in [-0.05, 0) is 30.8 Å². The number of nitrogens with one attached hydrogen (secondary N) is 3. The Bertz CT molecular complexity index is 412. The van der Waals surface area contributed by atoms with Crippen LogP contribution in [0.1, 0.15) is 26.2 Å². The maximum atomic E-state index is 11.6. The van der Waals surface area contributed by atoms with Gasteiger partial charge in [0.15, 0.2) is 5.11 Å². The molecule has 0 unspecified atom stereocenters. The fourth-order valence-corrected chi connectivity index (χ4v) is 2.32. The van der Waals surface area contributed by atoms with Crippen molar-refractivity contribution in [1.82, 2.24) is 16.2 Å². The second kappa shape index (κ2) is 10.5. The third kappa shape index (κ3) is 8.01. The van der Waals surface area contributed by atoms with Crippen LogP contribution >= 0.6 is 24.0 Å². The minimum atomic E-state index is -0.100. The van der Waals surface area contributed by atoms with Gasteiger partial charge in [0.1, 0.15) is 0 Å². The summed E-state index contributed by atoms with van der Waals surface area (Å²) in [6, 6.07) is 9.81. The molecule has 20 heavy (non-hydrogen) atoms. The summed E-state index contributed by atoms with van der Waals surface area (Å²) in [7, 11) is 0. The third-order valence-corrected chi connectivity index (χ3v) is 3.75. The largest absolute Gasteiger partial charge is 0.361 e. The zero-order valence-corrected chi connectivity index (χ0v) is 13.3. The number of carbonyl (C=O) groups excluding carboxylic acids is 1. The average molecular weight is 311 g/mol. The van der Waals surface area contributed by atoms with E-state index in [-0.39, 0.29) is 5.91 Å². The van der Waals surface area contributed by atoms with Crippen LogP contribution < -0.4 is 16.2 Å². The molecule has 0 aliphatic carbocycles. The Morgan fingerprint density at radius 1 is 1.20 bits per heavy atom. The molecule has 3 N–H and O–H groups in total. The van der Waals surface area contributed by atoms with Crippen molar-refractivity contribution in [1.29, 1.82) is 0 Å². The van der Waals surface area contributed by atoms with E-state index in [2.05, 4.69) is 23.1 Å². The van der Waals surface area contributed by atoms with Crippen LogP contribution in [0.3, 0.4) is 0 Å². The third-order valence-electron chi connectivity index (χ3n) is 2.49. The number of unbranched alkanes of at least 4 members (excludes halogenated alkanes) is 2. The number of rotatable bonds is 7. The lowest BCUT2D eigenvalue weighted by Crippen LogP contribution is -2.47. The Labute approximate surface area is 130 Å². The van der Waals surface area contributed by atoms with E-state index < -0.39 is 0 Å². The molecule has 0 aliphatic rings. The van der Waals surface area contributed by atoms with E-state index >= 15 is 0 Å². The Morgan fingerprint density at radius 3 is 2.65 bits per heavy atom. The number of benzene rings is 1. The van der Waals surface area contributed by atoms with Crippen molar-refractivity contribution in [2.45, 2.75) is 31.1 Å². The molecule has 0 aromatic heterocycles. The summed E-state index contributed by atoms with van der Waals surface area (Å²) in [5.41, 5.74) is 5.28.